The fourth-order valence-electron chi connectivity index (χ4n) is 9.48. The summed E-state index contributed by atoms with van der Waals surface area (Å²) in [6, 6.07) is 84.2. The number of furan rings is 2. The van der Waals surface area contributed by atoms with Gasteiger partial charge in [-0.1, -0.05) is 182 Å². The Labute approximate surface area is 365 Å². The van der Waals surface area contributed by atoms with Crippen molar-refractivity contribution in [2.75, 3.05) is 4.90 Å². The van der Waals surface area contributed by atoms with Crippen LogP contribution < -0.4 is 4.90 Å². The van der Waals surface area contributed by atoms with E-state index in [0.717, 1.165) is 105 Å². The number of rotatable bonds is 8. The van der Waals surface area contributed by atoms with Crippen LogP contribution in [0.5, 0.6) is 0 Å². The van der Waals surface area contributed by atoms with E-state index in [0.29, 0.717) is 0 Å². The summed E-state index contributed by atoms with van der Waals surface area (Å²) < 4.78 is 12.6. The third-order valence-electron chi connectivity index (χ3n) is 12.3. The molecule has 0 radical (unpaired) electrons. The molecule has 0 aliphatic heterocycles. The summed E-state index contributed by atoms with van der Waals surface area (Å²) in [6.07, 6.45) is 0. The Morgan fingerprint density at radius 1 is 0.254 bits per heavy atom. The van der Waals surface area contributed by atoms with E-state index in [-0.39, 0.29) is 0 Å². The van der Waals surface area contributed by atoms with Crippen LogP contribution in [0.3, 0.4) is 0 Å². The van der Waals surface area contributed by atoms with Gasteiger partial charge in [0.1, 0.15) is 22.3 Å². The van der Waals surface area contributed by atoms with Crippen molar-refractivity contribution in [1.82, 2.24) is 0 Å². The average molecular weight is 806 g/mol. The van der Waals surface area contributed by atoms with Gasteiger partial charge in [0.2, 0.25) is 0 Å². The van der Waals surface area contributed by atoms with E-state index in [4.69, 9.17) is 8.83 Å². The second-order valence-corrected chi connectivity index (χ2v) is 16.0. The number of hydrogen-bond acceptors (Lipinski definition) is 3. The summed E-state index contributed by atoms with van der Waals surface area (Å²) >= 11 is 0. The Hall–Kier alpha value is -8.40. The van der Waals surface area contributed by atoms with Crippen molar-refractivity contribution in [2.24, 2.45) is 0 Å². The Balaban J connectivity index is 1.07. The monoisotopic (exact) mass is 805 g/mol. The maximum absolute atomic E-state index is 6.30. The highest BCUT2D eigenvalue weighted by molar-refractivity contribution is 6.13. The van der Waals surface area contributed by atoms with Gasteiger partial charge in [-0.15, -0.1) is 0 Å². The molecule has 3 nitrogen and oxygen atoms in total. The normalized spacial score (nSPS) is 11.5. The number of fused-ring (bicyclic) bond motifs is 6. The predicted molar refractivity (Wildman–Crippen MR) is 263 cm³/mol. The zero-order valence-corrected chi connectivity index (χ0v) is 34.3. The smallest absolute Gasteiger partial charge is 0.136 e. The summed E-state index contributed by atoms with van der Waals surface area (Å²) in [5.74, 6) is 0. The van der Waals surface area contributed by atoms with E-state index in [1.807, 2.05) is 24.3 Å². The summed E-state index contributed by atoms with van der Waals surface area (Å²) in [4.78, 5) is 2.42. The van der Waals surface area contributed by atoms with Crippen molar-refractivity contribution in [3.8, 4) is 55.6 Å². The van der Waals surface area contributed by atoms with Gasteiger partial charge in [0, 0.05) is 38.5 Å². The first-order valence-corrected chi connectivity index (χ1v) is 21.4. The highest BCUT2D eigenvalue weighted by atomic mass is 16.3. The van der Waals surface area contributed by atoms with Crippen LogP contribution in [0.25, 0.3) is 99.5 Å². The lowest BCUT2D eigenvalue weighted by Crippen LogP contribution is -2.12. The minimum absolute atomic E-state index is 0.887. The molecule has 12 rings (SSSR count). The van der Waals surface area contributed by atoms with Crippen molar-refractivity contribution < 1.29 is 8.83 Å². The van der Waals surface area contributed by atoms with E-state index in [1.54, 1.807) is 0 Å². The molecule has 0 aliphatic rings. The van der Waals surface area contributed by atoms with Crippen LogP contribution in [-0.4, -0.2) is 0 Å². The zero-order chi connectivity index (χ0) is 41.7. The molecular formula is C60H39NO2. The average Bonchev–Trinajstić information content (AvgIpc) is 3.94. The molecule has 2 aromatic heterocycles. The van der Waals surface area contributed by atoms with Gasteiger partial charge in [-0.2, -0.15) is 0 Å². The number of anilines is 3. The molecule has 0 aliphatic carbocycles. The molecule has 0 atom stereocenters. The molecule has 0 spiro atoms. The molecule has 0 unspecified atom stereocenters. The molecule has 0 saturated heterocycles. The van der Waals surface area contributed by atoms with Crippen LogP contribution in [0.4, 0.5) is 17.1 Å². The maximum Gasteiger partial charge on any atom is 0.136 e. The Morgan fingerprint density at radius 3 is 1.17 bits per heavy atom. The summed E-state index contributed by atoms with van der Waals surface area (Å²) in [6.45, 7) is 0. The SMILES string of the molecule is c1ccc(-c2ccccc2-c2c(-c3ccccc3)cccc2N(c2ccc(-c3cccc4oc5ccccc5c34)cc2)c2ccc(-c3cccc4oc5ccccc5c34)cc2)cc1. The fourth-order valence-corrected chi connectivity index (χ4v) is 9.48. The zero-order valence-electron chi connectivity index (χ0n) is 34.3. The van der Waals surface area contributed by atoms with Gasteiger partial charge in [0.15, 0.2) is 0 Å². The van der Waals surface area contributed by atoms with E-state index < -0.39 is 0 Å². The quantitative estimate of drug-likeness (QED) is 0.153. The summed E-state index contributed by atoms with van der Waals surface area (Å²) in [7, 11) is 0. The lowest BCUT2D eigenvalue weighted by atomic mass is 9.87. The first kappa shape index (κ1) is 36.5. The van der Waals surface area contributed by atoms with E-state index in [9.17, 15) is 0 Å². The van der Waals surface area contributed by atoms with Gasteiger partial charge < -0.3 is 13.7 Å². The minimum Gasteiger partial charge on any atom is -0.456 e. The van der Waals surface area contributed by atoms with Gasteiger partial charge in [-0.05, 0) is 105 Å². The number of nitrogens with zero attached hydrogens (tertiary/aromatic N) is 1. The van der Waals surface area contributed by atoms with E-state index in [1.165, 1.54) is 11.1 Å². The van der Waals surface area contributed by atoms with Crippen molar-refractivity contribution in [1.29, 1.82) is 0 Å². The van der Waals surface area contributed by atoms with Gasteiger partial charge in [-0.25, -0.2) is 0 Å². The largest absolute Gasteiger partial charge is 0.456 e. The van der Waals surface area contributed by atoms with Crippen molar-refractivity contribution in [3.63, 3.8) is 0 Å². The molecule has 2 heterocycles. The highest BCUT2D eigenvalue weighted by Gasteiger charge is 2.23. The number of para-hydroxylation sites is 2. The lowest BCUT2D eigenvalue weighted by Gasteiger charge is -2.30. The Kier molecular flexibility index (Phi) is 8.83. The van der Waals surface area contributed by atoms with Gasteiger partial charge in [0.25, 0.3) is 0 Å². The fraction of sp³-hybridized carbons (Fsp3) is 0. The highest BCUT2D eigenvalue weighted by Crippen LogP contribution is 2.49. The first-order valence-electron chi connectivity index (χ1n) is 21.4. The van der Waals surface area contributed by atoms with Crippen molar-refractivity contribution in [2.45, 2.75) is 0 Å². The molecule has 3 heteroatoms. The maximum atomic E-state index is 6.30. The third-order valence-corrected chi connectivity index (χ3v) is 12.3. The molecule has 0 N–H and O–H groups in total. The topological polar surface area (TPSA) is 29.5 Å². The predicted octanol–water partition coefficient (Wildman–Crippen LogP) is 17.3. The molecular weight excluding hydrogens is 767 g/mol. The molecule has 296 valence electrons. The summed E-state index contributed by atoms with van der Waals surface area (Å²) in [5.41, 5.74) is 18.2. The lowest BCUT2D eigenvalue weighted by molar-refractivity contribution is 0.668. The minimum atomic E-state index is 0.887. The second-order valence-electron chi connectivity index (χ2n) is 16.0. The molecule has 12 aromatic rings. The van der Waals surface area contributed by atoms with Crippen LogP contribution in [0.1, 0.15) is 0 Å². The summed E-state index contributed by atoms with van der Waals surface area (Å²) in [5, 5.41) is 4.49. The number of hydrogen-bond donors (Lipinski definition) is 0. The van der Waals surface area contributed by atoms with E-state index in [2.05, 4.69) is 217 Å². The first-order chi connectivity index (χ1) is 31.3. The Bertz CT molecular complexity index is 3440. The molecule has 0 amide bonds. The number of benzene rings is 10. The third kappa shape index (κ3) is 6.29. The molecule has 10 aromatic carbocycles. The van der Waals surface area contributed by atoms with Crippen molar-refractivity contribution >= 4 is 60.9 Å². The van der Waals surface area contributed by atoms with Crippen molar-refractivity contribution in [3.05, 3.63) is 237 Å². The van der Waals surface area contributed by atoms with Crippen LogP contribution in [0.15, 0.2) is 245 Å². The van der Waals surface area contributed by atoms with Gasteiger partial charge >= 0.3 is 0 Å². The molecule has 63 heavy (non-hydrogen) atoms. The Morgan fingerprint density at radius 2 is 0.635 bits per heavy atom. The van der Waals surface area contributed by atoms with Crippen LogP contribution >= 0.6 is 0 Å². The van der Waals surface area contributed by atoms with Crippen LogP contribution in [0.2, 0.25) is 0 Å². The second kappa shape index (κ2) is 15.3. The molecule has 0 bridgehead atoms. The van der Waals surface area contributed by atoms with Gasteiger partial charge in [0.05, 0.1) is 5.69 Å². The van der Waals surface area contributed by atoms with Crippen LogP contribution in [0, 0.1) is 0 Å². The van der Waals surface area contributed by atoms with Gasteiger partial charge in [-0.3, -0.25) is 0 Å². The molecule has 0 saturated carbocycles. The van der Waals surface area contributed by atoms with Crippen LogP contribution in [-0.2, 0) is 0 Å². The van der Waals surface area contributed by atoms with E-state index >= 15 is 0 Å². The standard InChI is InChI=1S/C60H39NO2/c1-3-16-40(17-4-1)46-20-7-8-21-50(46)58-47(41-18-5-2-6-19-41)24-13-27-53(58)61(44-36-32-42(33-37-44)48-25-14-30-56-59(48)51-22-9-11-28-54(51)62-56)45-38-34-43(35-39-45)49-26-15-31-57-60(49)52-23-10-12-29-55(52)63-57/h1-39H. The molecule has 0 fully saturated rings.